The Morgan fingerprint density at radius 1 is 1.27 bits per heavy atom. The number of hydrogen-bond acceptors (Lipinski definition) is 6. The number of aliphatic hydroxyl groups is 1. The molecule has 0 radical (unpaired) electrons. The van der Waals surface area contributed by atoms with E-state index in [4.69, 9.17) is 9.47 Å². The number of hydrogen-bond donors (Lipinski definition) is 1. The van der Waals surface area contributed by atoms with E-state index in [1.807, 2.05) is 11.0 Å². The zero-order chi connectivity index (χ0) is 26.7. The van der Waals surface area contributed by atoms with Crippen LogP contribution >= 0.6 is 15.9 Å². The number of alkyl halides is 1. The molecule has 1 saturated carbocycles. The van der Waals surface area contributed by atoms with Crippen molar-refractivity contribution in [2.24, 2.45) is 11.8 Å². The number of unbranched alkanes of at least 4 members (excludes halogenated alkanes) is 2. The number of allylic oxidation sites excluding steroid dienone is 1. The van der Waals surface area contributed by atoms with Gasteiger partial charge in [0.1, 0.15) is 11.6 Å². The standard InChI is InChI=1S/C28H41BrN2O6/c1-4-6-7-11-15-36-27(35)21-22-25(33)31(18(3)17-32)24(28(22)16-20(29)23(21)37-28)26(34)30(14-5-2)19-12-9-8-10-13-19/h4-5,18-24,32H,1-2,6-17H2,3H3/t18-,20?,21-,22+,23-,24?,28?/m1/s1. The number of carbonyl (C=O) groups is 3. The van der Waals surface area contributed by atoms with Crippen LogP contribution in [0.15, 0.2) is 25.3 Å². The van der Waals surface area contributed by atoms with E-state index in [1.54, 1.807) is 13.0 Å². The first kappa shape index (κ1) is 28.3. The Hall–Kier alpha value is -1.71. The van der Waals surface area contributed by atoms with Crippen molar-refractivity contribution in [3.8, 4) is 0 Å². The molecule has 4 rings (SSSR count). The average Bonchev–Trinajstić information content (AvgIpc) is 3.50. The molecule has 1 N–H and O–H groups in total. The molecular formula is C28H41BrN2O6. The van der Waals surface area contributed by atoms with Crippen LogP contribution in [-0.2, 0) is 23.9 Å². The molecule has 0 aromatic carbocycles. The minimum atomic E-state index is -1.14. The summed E-state index contributed by atoms with van der Waals surface area (Å²) in [6.45, 7) is 9.69. The van der Waals surface area contributed by atoms with Crippen LogP contribution in [0.3, 0.4) is 0 Å². The lowest BCUT2D eigenvalue weighted by atomic mass is 9.70. The number of fused-ring (bicyclic) bond motifs is 1. The molecule has 206 valence electrons. The normalized spacial score (nSPS) is 33.8. The third kappa shape index (κ3) is 5.03. The number of carbonyl (C=O) groups excluding carboxylic acids is 3. The molecule has 1 spiro atoms. The van der Waals surface area contributed by atoms with Crippen molar-refractivity contribution in [3.05, 3.63) is 25.3 Å². The predicted octanol–water partition coefficient (Wildman–Crippen LogP) is 3.36. The van der Waals surface area contributed by atoms with Gasteiger partial charge in [-0.1, -0.05) is 47.3 Å². The van der Waals surface area contributed by atoms with Crippen molar-refractivity contribution in [1.29, 1.82) is 0 Å². The number of ether oxygens (including phenoxy) is 2. The highest BCUT2D eigenvalue weighted by molar-refractivity contribution is 9.09. The number of esters is 1. The molecule has 3 heterocycles. The first-order valence-electron chi connectivity index (χ1n) is 13.8. The van der Waals surface area contributed by atoms with Gasteiger partial charge in [0.15, 0.2) is 0 Å². The Labute approximate surface area is 228 Å². The summed E-state index contributed by atoms with van der Waals surface area (Å²) in [5, 5.41) is 10.1. The molecule has 3 saturated heterocycles. The van der Waals surface area contributed by atoms with Gasteiger partial charge in [-0.3, -0.25) is 14.4 Å². The van der Waals surface area contributed by atoms with Crippen LogP contribution in [0.4, 0.5) is 0 Å². The molecule has 3 unspecified atom stereocenters. The van der Waals surface area contributed by atoms with E-state index in [2.05, 4.69) is 29.1 Å². The topological polar surface area (TPSA) is 96.4 Å². The molecule has 37 heavy (non-hydrogen) atoms. The fraction of sp³-hybridized carbons (Fsp3) is 0.750. The molecule has 3 aliphatic heterocycles. The van der Waals surface area contributed by atoms with E-state index in [0.717, 1.165) is 44.9 Å². The maximum Gasteiger partial charge on any atom is 0.312 e. The van der Waals surface area contributed by atoms with Gasteiger partial charge in [0.2, 0.25) is 11.8 Å². The molecular weight excluding hydrogens is 540 g/mol. The summed E-state index contributed by atoms with van der Waals surface area (Å²) in [4.78, 5) is 44.9. The van der Waals surface area contributed by atoms with Crippen LogP contribution in [0.1, 0.15) is 64.7 Å². The van der Waals surface area contributed by atoms with Gasteiger partial charge in [-0.2, -0.15) is 0 Å². The lowest BCUT2D eigenvalue weighted by Crippen LogP contribution is -2.60. The van der Waals surface area contributed by atoms with Crippen molar-refractivity contribution in [1.82, 2.24) is 9.80 Å². The van der Waals surface area contributed by atoms with Crippen molar-refractivity contribution >= 4 is 33.7 Å². The molecule has 0 aromatic rings. The molecule has 8 nitrogen and oxygen atoms in total. The highest BCUT2D eigenvalue weighted by Crippen LogP contribution is 2.60. The Bertz CT molecular complexity index is 892. The van der Waals surface area contributed by atoms with Gasteiger partial charge in [0.05, 0.1) is 37.2 Å². The van der Waals surface area contributed by atoms with Gasteiger partial charge in [0, 0.05) is 17.4 Å². The second-order valence-electron chi connectivity index (χ2n) is 11.0. The fourth-order valence-corrected chi connectivity index (χ4v) is 7.89. The van der Waals surface area contributed by atoms with Gasteiger partial charge in [-0.05, 0) is 45.4 Å². The molecule has 9 heteroatoms. The molecule has 0 aromatic heterocycles. The number of amides is 2. The van der Waals surface area contributed by atoms with E-state index < -0.39 is 41.6 Å². The van der Waals surface area contributed by atoms with Gasteiger partial charge in [-0.25, -0.2) is 0 Å². The van der Waals surface area contributed by atoms with Gasteiger partial charge in [-0.15, -0.1) is 13.2 Å². The highest BCUT2D eigenvalue weighted by atomic mass is 79.9. The van der Waals surface area contributed by atoms with E-state index in [9.17, 15) is 19.5 Å². The van der Waals surface area contributed by atoms with Crippen molar-refractivity contribution in [2.45, 2.75) is 99.4 Å². The SMILES string of the molecule is C=CCCCCOC(=O)[C@H]1[C@@H]2OC3(CC2Br)C(C(=O)N(CC=C)C2CCCCC2)N([C@H](C)CO)C(=O)[C@H]13. The van der Waals surface area contributed by atoms with Gasteiger partial charge >= 0.3 is 5.97 Å². The molecule has 7 atom stereocenters. The van der Waals surface area contributed by atoms with Gasteiger partial charge in [0.25, 0.3) is 0 Å². The third-order valence-electron chi connectivity index (χ3n) is 8.64. The Morgan fingerprint density at radius 2 is 2.00 bits per heavy atom. The van der Waals surface area contributed by atoms with E-state index >= 15 is 0 Å². The monoisotopic (exact) mass is 580 g/mol. The summed E-state index contributed by atoms with van der Waals surface area (Å²) in [6, 6.07) is -1.43. The quantitative estimate of drug-likeness (QED) is 0.164. The maximum atomic E-state index is 14.4. The second kappa shape index (κ2) is 12.0. The van der Waals surface area contributed by atoms with E-state index in [-0.39, 0.29) is 35.9 Å². The Balaban J connectivity index is 1.65. The molecule has 1 aliphatic carbocycles. The fourth-order valence-electron chi connectivity index (χ4n) is 6.95. The maximum absolute atomic E-state index is 14.4. The second-order valence-corrected chi connectivity index (χ2v) is 12.1. The Kier molecular flexibility index (Phi) is 9.17. The number of aliphatic hydroxyl groups excluding tert-OH is 1. The van der Waals surface area contributed by atoms with Crippen LogP contribution in [0.2, 0.25) is 0 Å². The first-order chi connectivity index (χ1) is 17.8. The lowest BCUT2D eigenvalue weighted by Gasteiger charge is -2.42. The summed E-state index contributed by atoms with van der Waals surface area (Å²) in [7, 11) is 0. The van der Waals surface area contributed by atoms with Gasteiger partial charge < -0.3 is 24.4 Å². The Morgan fingerprint density at radius 3 is 2.65 bits per heavy atom. The average molecular weight is 582 g/mol. The molecule has 4 fully saturated rings. The van der Waals surface area contributed by atoms with Crippen LogP contribution in [0.5, 0.6) is 0 Å². The van der Waals surface area contributed by atoms with E-state index in [1.165, 1.54) is 4.90 Å². The summed E-state index contributed by atoms with van der Waals surface area (Å²) in [5.41, 5.74) is -1.14. The van der Waals surface area contributed by atoms with Crippen LogP contribution in [-0.4, -0.2) is 87.1 Å². The highest BCUT2D eigenvalue weighted by Gasteiger charge is 2.77. The summed E-state index contributed by atoms with van der Waals surface area (Å²) in [6.07, 6.45) is 11.0. The zero-order valence-electron chi connectivity index (χ0n) is 21.9. The lowest BCUT2D eigenvalue weighted by molar-refractivity contribution is -0.156. The molecule has 2 bridgehead atoms. The van der Waals surface area contributed by atoms with Crippen molar-refractivity contribution in [3.63, 3.8) is 0 Å². The smallest absolute Gasteiger partial charge is 0.312 e. The summed E-state index contributed by atoms with van der Waals surface area (Å²) in [5.74, 6) is -2.54. The first-order valence-corrected chi connectivity index (χ1v) is 14.7. The number of rotatable bonds is 12. The van der Waals surface area contributed by atoms with Crippen molar-refractivity contribution in [2.75, 3.05) is 19.8 Å². The summed E-state index contributed by atoms with van der Waals surface area (Å²) >= 11 is 3.69. The molecule has 4 aliphatic rings. The number of likely N-dealkylation sites (tertiary alicyclic amines) is 1. The zero-order valence-corrected chi connectivity index (χ0v) is 23.4. The van der Waals surface area contributed by atoms with Crippen LogP contribution in [0.25, 0.3) is 0 Å². The minimum absolute atomic E-state index is 0.0748. The predicted molar refractivity (Wildman–Crippen MR) is 143 cm³/mol. The van der Waals surface area contributed by atoms with Crippen LogP contribution in [0, 0.1) is 11.8 Å². The van der Waals surface area contributed by atoms with Crippen LogP contribution < -0.4 is 0 Å². The largest absolute Gasteiger partial charge is 0.465 e. The third-order valence-corrected chi connectivity index (χ3v) is 9.49. The number of halogens is 1. The van der Waals surface area contributed by atoms with Crippen molar-refractivity contribution < 1.29 is 29.0 Å². The van der Waals surface area contributed by atoms with E-state index in [0.29, 0.717) is 19.4 Å². The molecule has 2 amide bonds. The minimum Gasteiger partial charge on any atom is -0.465 e. The number of nitrogens with zero attached hydrogens (tertiary/aromatic N) is 2. The summed E-state index contributed by atoms with van der Waals surface area (Å²) < 4.78 is 12.2.